The van der Waals surface area contributed by atoms with Crippen molar-refractivity contribution in [3.8, 4) is 0 Å². The van der Waals surface area contributed by atoms with E-state index in [1.165, 1.54) is 0 Å². The second-order valence-electron chi connectivity index (χ2n) is 1.80. The second-order valence-corrected chi connectivity index (χ2v) is 1.80. The van der Waals surface area contributed by atoms with E-state index in [-0.39, 0.29) is 6.82 Å². The third kappa shape index (κ3) is 2.49. The first-order valence-corrected chi connectivity index (χ1v) is 2.29. The Kier molecular flexibility index (Phi) is 2.27. The highest BCUT2D eigenvalue weighted by Gasteiger charge is 2.57. The molecule has 0 nitrogen and oxygen atoms in total. The fourth-order valence-electron chi connectivity index (χ4n) is 0.186. The molecule has 0 spiro atoms. The molecule has 0 heterocycles. The van der Waals surface area contributed by atoms with Gasteiger partial charge in [-0.25, -0.2) is 0 Å². The van der Waals surface area contributed by atoms with Crippen LogP contribution in [0, 0.1) is 0 Å². The van der Waals surface area contributed by atoms with Crippen LogP contribution in [0.3, 0.4) is 0 Å². The molecular formula is C3H3BF6. The van der Waals surface area contributed by atoms with E-state index >= 15 is 0 Å². The molecule has 0 aliphatic rings. The van der Waals surface area contributed by atoms with Crippen molar-refractivity contribution in [2.24, 2.45) is 0 Å². The van der Waals surface area contributed by atoms with Gasteiger partial charge in [0.15, 0.2) is 0 Å². The zero-order valence-corrected chi connectivity index (χ0v) is 4.85. The van der Waals surface area contributed by atoms with Gasteiger partial charge in [-0.05, 0) is 0 Å². The van der Waals surface area contributed by atoms with Gasteiger partial charge in [-0.1, -0.05) is 6.82 Å². The van der Waals surface area contributed by atoms with Crippen LogP contribution in [0.4, 0.5) is 26.3 Å². The molecule has 7 heteroatoms. The molecule has 0 N–H and O–H groups in total. The van der Waals surface area contributed by atoms with Crippen molar-refractivity contribution in [2.75, 3.05) is 0 Å². The van der Waals surface area contributed by atoms with Gasteiger partial charge in [0.1, 0.15) is 0 Å². The normalized spacial score (nSPS) is 13.5. The zero-order chi connectivity index (χ0) is 8.58. The van der Waals surface area contributed by atoms with Gasteiger partial charge in [0.05, 0.1) is 0 Å². The Labute approximate surface area is 53.3 Å². The summed E-state index contributed by atoms with van der Waals surface area (Å²) in [5.74, 6) is 0. The first kappa shape index (κ1) is 9.64. The highest BCUT2D eigenvalue weighted by molar-refractivity contribution is 6.61. The summed E-state index contributed by atoms with van der Waals surface area (Å²) in [6.07, 6.45) is -10.4. The van der Waals surface area contributed by atoms with Crippen molar-refractivity contribution in [3.63, 3.8) is 0 Å². The van der Waals surface area contributed by atoms with Crippen molar-refractivity contribution in [2.45, 2.75) is 19.0 Å². The standard InChI is InChI=1S/C3H3BF6/c1-4(2(5,6)7)3(8,9)10/h1H3. The van der Waals surface area contributed by atoms with Gasteiger partial charge in [0.2, 0.25) is 0 Å². The van der Waals surface area contributed by atoms with E-state index in [9.17, 15) is 26.3 Å². The van der Waals surface area contributed by atoms with E-state index in [0.717, 1.165) is 0 Å². The molecule has 0 fully saturated rings. The average molecular weight is 164 g/mol. The van der Waals surface area contributed by atoms with Gasteiger partial charge in [-0.3, -0.25) is 0 Å². The smallest absolute Gasteiger partial charge is 0.181 e. The van der Waals surface area contributed by atoms with Crippen LogP contribution in [0.5, 0.6) is 0 Å². The average Bonchev–Trinajstić information content (AvgIpc) is 1.59. The molecule has 0 aliphatic heterocycles. The molecule has 0 aliphatic carbocycles. The molecule has 0 aromatic heterocycles. The molecule has 0 saturated carbocycles. The van der Waals surface area contributed by atoms with E-state index in [1.54, 1.807) is 0 Å². The van der Waals surface area contributed by atoms with Crippen molar-refractivity contribution in [3.05, 3.63) is 0 Å². The summed E-state index contributed by atoms with van der Waals surface area (Å²) >= 11 is 0. The van der Waals surface area contributed by atoms with Gasteiger partial charge in [0.25, 0.3) is 0 Å². The summed E-state index contributed by atoms with van der Waals surface area (Å²) in [6.45, 7) is -3.15. The molecule has 0 amide bonds. The predicted octanol–water partition coefficient (Wildman–Crippen LogP) is 2.31. The summed E-state index contributed by atoms with van der Waals surface area (Å²) < 4.78 is 67.4. The van der Waals surface area contributed by atoms with Gasteiger partial charge < -0.3 is 0 Å². The van der Waals surface area contributed by atoms with Crippen LogP contribution in [-0.2, 0) is 0 Å². The summed E-state index contributed by atoms with van der Waals surface area (Å²) in [4.78, 5) is 0. The van der Waals surface area contributed by atoms with Crippen molar-refractivity contribution >= 4 is 6.71 Å². The van der Waals surface area contributed by atoms with Crippen LogP contribution >= 0.6 is 0 Å². The van der Waals surface area contributed by atoms with E-state index in [4.69, 9.17) is 0 Å². The molecule has 10 heavy (non-hydrogen) atoms. The van der Waals surface area contributed by atoms with Crippen LogP contribution in [-0.4, -0.2) is 18.9 Å². The second kappa shape index (κ2) is 2.36. The molecule has 0 atom stereocenters. The monoisotopic (exact) mass is 164 g/mol. The maximum atomic E-state index is 11.2. The fourth-order valence-corrected chi connectivity index (χ4v) is 0.186. The summed E-state index contributed by atoms with van der Waals surface area (Å²) in [7, 11) is 0. The highest BCUT2D eigenvalue weighted by Crippen LogP contribution is 2.31. The largest absolute Gasteiger partial charge is 0.397 e. The fraction of sp³-hybridized carbons (Fsp3) is 1.00. The van der Waals surface area contributed by atoms with E-state index < -0.39 is 18.9 Å². The summed E-state index contributed by atoms with van der Waals surface area (Å²) in [5.41, 5.74) is 0. The topological polar surface area (TPSA) is 0 Å². The minimum atomic E-state index is -5.18. The van der Waals surface area contributed by atoms with Gasteiger partial charge in [-0.15, -0.1) is 0 Å². The minimum Gasteiger partial charge on any atom is -0.181 e. The molecule has 0 unspecified atom stereocenters. The van der Waals surface area contributed by atoms with Crippen LogP contribution < -0.4 is 0 Å². The number of hydrogen-bond acceptors (Lipinski definition) is 0. The van der Waals surface area contributed by atoms with Crippen LogP contribution in [0.1, 0.15) is 0 Å². The molecular weight excluding hydrogens is 161 g/mol. The highest BCUT2D eigenvalue weighted by atomic mass is 19.4. The third-order valence-corrected chi connectivity index (χ3v) is 0.982. The molecule has 0 rings (SSSR count). The number of hydrogen-bond donors (Lipinski definition) is 0. The SMILES string of the molecule is CB(C(F)(F)F)C(F)(F)F. The Morgan fingerprint density at radius 2 is 1.00 bits per heavy atom. The lowest BCUT2D eigenvalue weighted by molar-refractivity contribution is -0.103. The number of halogens is 6. The molecule has 60 valence electrons. The van der Waals surface area contributed by atoms with Crippen LogP contribution in [0.15, 0.2) is 0 Å². The Morgan fingerprint density at radius 3 is 1.00 bits per heavy atom. The summed E-state index contributed by atoms with van der Waals surface area (Å²) in [6, 6.07) is 0. The van der Waals surface area contributed by atoms with Crippen molar-refractivity contribution < 1.29 is 26.3 Å². The van der Waals surface area contributed by atoms with Gasteiger partial charge >= 0.3 is 18.9 Å². The number of alkyl halides is 6. The lowest BCUT2D eigenvalue weighted by Gasteiger charge is -2.14. The first-order valence-electron chi connectivity index (χ1n) is 2.29. The van der Waals surface area contributed by atoms with E-state index in [1.807, 2.05) is 0 Å². The first-order chi connectivity index (χ1) is 4.15. The molecule has 0 bridgehead atoms. The lowest BCUT2D eigenvalue weighted by atomic mass is 9.50. The Balaban J connectivity index is 4.23. The van der Waals surface area contributed by atoms with E-state index in [0.29, 0.717) is 0 Å². The van der Waals surface area contributed by atoms with Gasteiger partial charge in [-0.2, -0.15) is 26.3 Å². The molecule has 0 aromatic carbocycles. The molecule has 0 saturated heterocycles. The minimum absolute atomic E-state index is 0.0833. The predicted molar refractivity (Wildman–Crippen MR) is 23.7 cm³/mol. The van der Waals surface area contributed by atoms with E-state index in [2.05, 4.69) is 0 Å². The van der Waals surface area contributed by atoms with Crippen LogP contribution in [0.25, 0.3) is 0 Å². The quantitative estimate of drug-likeness (QED) is 0.380. The van der Waals surface area contributed by atoms with Gasteiger partial charge in [0, 0.05) is 0 Å². The Hall–Kier alpha value is -0.355. The third-order valence-electron chi connectivity index (χ3n) is 0.982. The van der Waals surface area contributed by atoms with Crippen molar-refractivity contribution in [1.29, 1.82) is 0 Å². The maximum Gasteiger partial charge on any atom is 0.397 e. The summed E-state index contributed by atoms with van der Waals surface area (Å²) in [5, 5.41) is 0. The maximum absolute atomic E-state index is 11.2. The van der Waals surface area contributed by atoms with Crippen molar-refractivity contribution in [1.82, 2.24) is 0 Å². The Bertz CT molecular complexity index is 97.1. The molecule has 0 aromatic rings. The molecule has 0 radical (unpaired) electrons. The van der Waals surface area contributed by atoms with Crippen LogP contribution in [0.2, 0.25) is 6.82 Å². The zero-order valence-electron chi connectivity index (χ0n) is 4.85. The lowest BCUT2D eigenvalue weighted by Crippen LogP contribution is -2.44. The number of rotatable bonds is 0. The Morgan fingerprint density at radius 1 is 0.800 bits per heavy atom.